The number of carbonyl (C=O) groups excluding carboxylic acids is 2. The zero-order chi connectivity index (χ0) is 18.7. The smallest absolute Gasteiger partial charge is 0.251 e. The maximum atomic E-state index is 13.2. The van der Waals surface area contributed by atoms with Gasteiger partial charge in [0, 0.05) is 19.2 Å². The van der Waals surface area contributed by atoms with E-state index in [9.17, 15) is 18.4 Å². The molecule has 0 bridgehead atoms. The molecular formula is C18H16F2N2O4. The van der Waals surface area contributed by atoms with E-state index in [4.69, 9.17) is 9.47 Å². The van der Waals surface area contributed by atoms with Crippen LogP contribution in [0.25, 0.3) is 0 Å². The summed E-state index contributed by atoms with van der Waals surface area (Å²) in [6, 6.07) is 8.15. The molecule has 0 atom stereocenters. The molecule has 0 saturated carbocycles. The number of amides is 2. The summed E-state index contributed by atoms with van der Waals surface area (Å²) in [5.41, 5.74) is 0.784. The summed E-state index contributed by atoms with van der Waals surface area (Å²) in [5.74, 6) is -1.69. The lowest BCUT2D eigenvalue weighted by atomic mass is 10.2. The number of nitrogens with one attached hydrogen (secondary N) is 1. The molecule has 0 fully saturated rings. The van der Waals surface area contributed by atoms with E-state index in [2.05, 4.69) is 5.32 Å². The summed E-state index contributed by atoms with van der Waals surface area (Å²) in [6.45, 7) is -0.0307. The molecule has 6 nitrogen and oxygen atoms in total. The van der Waals surface area contributed by atoms with Gasteiger partial charge in [-0.1, -0.05) is 6.07 Å². The molecule has 2 aromatic carbocycles. The van der Waals surface area contributed by atoms with Gasteiger partial charge < -0.3 is 19.7 Å². The van der Waals surface area contributed by atoms with E-state index >= 15 is 0 Å². The van der Waals surface area contributed by atoms with Crippen LogP contribution in [0.3, 0.4) is 0 Å². The van der Waals surface area contributed by atoms with Crippen molar-refractivity contribution in [2.45, 2.75) is 6.54 Å². The van der Waals surface area contributed by atoms with Crippen molar-refractivity contribution in [1.82, 2.24) is 10.2 Å². The molecule has 2 aromatic rings. The Bertz CT molecular complexity index is 857. The minimum Gasteiger partial charge on any atom is -0.454 e. The molecule has 3 rings (SSSR count). The number of hydrogen-bond acceptors (Lipinski definition) is 4. The first-order valence-electron chi connectivity index (χ1n) is 7.80. The van der Waals surface area contributed by atoms with E-state index in [-0.39, 0.29) is 25.8 Å². The number of nitrogens with zero attached hydrogens (tertiary/aromatic N) is 1. The molecule has 1 heterocycles. The van der Waals surface area contributed by atoms with E-state index < -0.39 is 17.5 Å². The van der Waals surface area contributed by atoms with E-state index in [0.29, 0.717) is 22.6 Å². The molecular weight excluding hydrogens is 346 g/mol. The lowest BCUT2D eigenvalue weighted by molar-refractivity contribution is -0.129. The Kier molecular flexibility index (Phi) is 5.01. The molecule has 2 amide bonds. The van der Waals surface area contributed by atoms with Gasteiger partial charge in [-0.25, -0.2) is 8.78 Å². The standard InChI is InChI=1S/C18H16F2N2O4/c1-22(9-11-2-4-13(19)14(20)6-11)17(23)8-21-18(24)12-3-5-15-16(7-12)26-10-25-15/h2-7H,8-10H2,1H3,(H,21,24). The summed E-state index contributed by atoms with van der Waals surface area (Å²) in [5, 5.41) is 2.52. The average Bonchev–Trinajstić information content (AvgIpc) is 3.10. The summed E-state index contributed by atoms with van der Waals surface area (Å²) in [4.78, 5) is 25.6. The Morgan fingerprint density at radius 2 is 1.85 bits per heavy atom. The summed E-state index contributed by atoms with van der Waals surface area (Å²) >= 11 is 0. The molecule has 0 unspecified atom stereocenters. The van der Waals surface area contributed by atoms with Crippen LogP contribution in [0.1, 0.15) is 15.9 Å². The molecule has 0 aliphatic carbocycles. The first-order chi connectivity index (χ1) is 12.4. The van der Waals surface area contributed by atoms with E-state index in [1.165, 1.54) is 24.1 Å². The Balaban J connectivity index is 1.54. The third kappa shape index (κ3) is 3.90. The fraction of sp³-hybridized carbons (Fsp3) is 0.222. The largest absolute Gasteiger partial charge is 0.454 e. The number of benzene rings is 2. The number of likely N-dealkylation sites (N-methyl/N-ethyl adjacent to an activating group) is 1. The lowest BCUT2D eigenvalue weighted by Crippen LogP contribution is -2.37. The maximum Gasteiger partial charge on any atom is 0.251 e. The van der Waals surface area contributed by atoms with Crippen molar-refractivity contribution < 1.29 is 27.8 Å². The predicted molar refractivity (Wildman–Crippen MR) is 87.7 cm³/mol. The van der Waals surface area contributed by atoms with Crippen LogP contribution in [0.4, 0.5) is 8.78 Å². The topological polar surface area (TPSA) is 67.9 Å². The van der Waals surface area contributed by atoms with Crippen LogP contribution in [0, 0.1) is 11.6 Å². The normalized spacial score (nSPS) is 12.0. The monoisotopic (exact) mass is 362 g/mol. The average molecular weight is 362 g/mol. The highest BCUT2D eigenvalue weighted by Gasteiger charge is 2.17. The molecule has 1 aliphatic rings. The maximum absolute atomic E-state index is 13.2. The molecule has 136 valence electrons. The van der Waals surface area contributed by atoms with Crippen molar-refractivity contribution in [3.63, 3.8) is 0 Å². The number of fused-ring (bicyclic) bond motifs is 1. The van der Waals surface area contributed by atoms with Crippen molar-refractivity contribution in [2.75, 3.05) is 20.4 Å². The fourth-order valence-corrected chi connectivity index (χ4v) is 2.43. The van der Waals surface area contributed by atoms with Crippen LogP contribution >= 0.6 is 0 Å². The molecule has 1 N–H and O–H groups in total. The van der Waals surface area contributed by atoms with E-state index in [1.54, 1.807) is 12.1 Å². The first-order valence-corrected chi connectivity index (χ1v) is 7.80. The van der Waals surface area contributed by atoms with Crippen molar-refractivity contribution in [3.05, 3.63) is 59.2 Å². The van der Waals surface area contributed by atoms with Gasteiger partial charge in [-0.3, -0.25) is 9.59 Å². The second-order valence-electron chi connectivity index (χ2n) is 5.75. The Morgan fingerprint density at radius 3 is 2.62 bits per heavy atom. The van der Waals surface area contributed by atoms with Crippen LogP contribution < -0.4 is 14.8 Å². The summed E-state index contributed by atoms with van der Waals surface area (Å²) in [6.07, 6.45) is 0. The number of carbonyl (C=O) groups is 2. The third-order valence-corrected chi connectivity index (χ3v) is 3.86. The van der Waals surface area contributed by atoms with Crippen LogP contribution in [-0.2, 0) is 11.3 Å². The van der Waals surface area contributed by atoms with Gasteiger partial charge in [0.05, 0.1) is 6.54 Å². The highest BCUT2D eigenvalue weighted by molar-refractivity contribution is 5.97. The third-order valence-electron chi connectivity index (χ3n) is 3.86. The molecule has 0 saturated heterocycles. The van der Waals surface area contributed by atoms with Gasteiger partial charge in [-0.2, -0.15) is 0 Å². The summed E-state index contributed by atoms with van der Waals surface area (Å²) in [7, 11) is 1.51. The molecule has 8 heteroatoms. The molecule has 0 radical (unpaired) electrons. The Labute approximate surface area is 148 Å². The van der Waals surface area contributed by atoms with Gasteiger partial charge in [0.1, 0.15) is 0 Å². The molecule has 0 spiro atoms. The fourth-order valence-electron chi connectivity index (χ4n) is 2.43. The van der Waals surface area contributed by atoms with Gasteiger partial charge in [0.15, 0.2) is 23.1 Å². The van der Waals surface area contributed by atoms with Crippen LogP contribution in [0.15, 0.2) is 36.4 Å². The number of rotatable bonds is 5. The number of halogens is 2. The minimum absolute atomic E-state index is 0.0932. The second kappa shape index (κ2) is 7.38. The van der Waals surface area contributed by atoms with Gasteiger partial charge >= 0.3 is 0 Å². The molecule has 1 aliphatic heterocycles. The van der Waals surface area contributed by atoms with Crippen LogP contribution in [0.5, 0.6) is 11.5 Å². The predicted octanol–water partition coefficient (Wildman–Crippen LogP) is 2.08. The van der Waals surface area contributed by atoms with Gasteiger partial charge in [0.25, 0.3) is 5.91 Å². The number of hydrogen-bond donors (Lipinski definition) is 1. The minimum atomic E-state index is -0.973. The van der Waals surface area contributed by atoms with Crippen molar-refractivity contribution >= 4 is 11.8 Å². The molecule has 26 heavy (non-hydrogen) atoms. The number of ether oxygens (including phenoxy) is 2. The zero-order valence-electron chi connectivity index (χ0n) is 13.9. The van der Waals surface area contributed by atoms with Crippen molar-refractivity contribution in [3.8, 4) is 11.5 Å². The molecule has 0 aromatic heterocycles. The highest BCUT2D eigenvalue weighted by atomic mass is 19.2. The van der Waals surface area contributed by atoms with Crippen molar-refractivity contribution in [1.29, 1.82) is 0 Å². The van der Waals surface area contributed by atoms with E-state index in [1.807, 2.05) is 0 Å². The van der Waals surface area contributed by atoms with Crippen molar-refractivity contribution in [2.24, 2.45) is 0 Å². The Morgan fingerprint density at radius 1 is 1.08 bits per heavy atom. The second-order valence-corrected chi connectivity index (χ2v) is 5.75. The zero-order valence-corrected chi connectivity index (χ0v) is 13.9. The van der Waals surface area contributed by atoms with Crippen LogP contribution in [-0.4, -0.2) is 37.1 Å². The Hall–Kier alpha value is -3.16. The highest BCUT2D eigenvalue weighted by Crippen LogP contribution is 2.32. The first kappa shape index (κ1) is 17.7. The SMILES string of the molecule is CN(Cc1ccc(F)c(F)c1)C(=O)CNC(=O)c1ccc2c(c1)OCO2. The van der Waals surface area contributed by atoms with Gasteiger partial charge in [-0.15, -0.1) is 0 Å². The van der Waals surface area contributed by atoms with Gasteiger partial charge in [0.2, 0.25) is 12.7 Å². The van der Waals surface area contributed by atoms with Crippen LogP contribution in [0.2, 0.25) is 0 Å². The van der Waals surface area contributed by atoms with E-state index in [0.717, 1.165) is 12.1 Å². The quantitative estimate of drug-likeness (QED) is 0.884. The van der Waals surface area contributed by atoms with Gasteiger partial charge in [-0.05, 0) is 35.9 Å². The lowest BCUT2D eigenvalue weighted by Gasteiger charge is -2.17. The summed E-state index contributed by atoms with van der Waals surface area (Å²) < 4.78 is 36.5.